The number of carbonyl (C=O) groups excluding carboxylic acids is 2. The lowest BCUT2D eigenvalue weighted by Gasteiger charge is -2.16. The first-order valence-electron chi connectivity index (χ1n) is 3.02. The number of ether oxygens (including phenoxy) is 1. The van der Waals surface area contributed by atoms with Crippen LogP contribution in [0.3, 0.4) is 0 Å². The number of alkyl halides is 1. The van der Waals surface area contributed by atoms with Gasteiger partial charge in [-0.25, -0.2) is 0 Å². The van der Waals surface area contributed by atoms with Crippen molar-refractivity contribution in [2.24, 2.45) is 5.92 Å². The van der Waals surface area contributed by atoms with Gasteiger partial charge in [-0.2, -0.15) is 0 Å². The van der Waals surface area contributed by atoms with Crippen molar-refractivity contribution in [3.05, 3.63) is 0 Å². The fourth-order valence-corrected chi connectivity index (χ4v) is 1.49. The first kappa shape index (κ1) is 7.97. The van der Waals surface area contributed by atoms with Crippen LogP contribution in [-0.2, 0) is 14.3 Å². The lowest BCUT2D eigenvalue weighted by atomic mass is 10.0. The van der Waals surface area contributed by atoms with E-state index in [-0.39, 0.29) is 17.9 Å². The summed E-state index contributed by atoms with van der Waals surface area (Å²) in [5, 5.41) is 0. The summed E-state index contributed by atoms with van der Waals surface area (Å²) in [5.41, 5.74) is 0. The second kappa shape index (κ2) is 3.32. The predicted molar refractivity (Wildman–Crippen MR) is 42.7 cm³/mol. The maximum absolute atomic E-state index is 10.6. The highest BCUT2D eigenvalue weighted by atomic mass is 127. The van der Waals surface area contributed by atoms with Gasteiger partial charge in [-0.3, -0.25) is 9.59 Å². The number of esters is 2. The Labute approximate surface area is 72.3 Å². The van der Waals surface area contributed by atoms with Gasteiger partial charge in [-0.1, -0.05) is 22.6 Å². The van der Waals surface area contributed by atoms with E-state index in [9.17, 15) is 9.59 Å². The molecule has 10 heavy (non-hydrogen) atoms. The molecule has 1 saturated heterocycles. The van der Waals surface area contributed by atoms with E-state index in [0.717, 1.165) is 4.43 Å². The van der Waals surface area contributed by atoms with Gasteiger partial charge in [-0.15, -0.1) is 0 Å². The topological polar surface area (TPSA) is 43.4 Å². The predicted octanol–water partition coefficient (Wildman–Crippen LogP) is 0.901. The molecule has 1 fully saturated rings. The van der Waals surface area contributed by atoms with E-state index >= 15 is 0 Å². The molecule has 0 spiro atoms. The molecule has 0 aromatic carbocycles. The normalized spacial score (nSPS) is 20.9. The standard InChI is InChI=1S/C6H7IO3/c7-3-4-1-5(8)10-6(9)2-4/h4H,1-3H2. The first-order chi connectivity index (χ1) is 4.72. The van der Waals surface area contributed by atoms with E-state index in [0.29, 0.717) is 12.8 Å². The van der Waals surface area contributed by atoms with Gasteiger partial charge < -0.3 is 4.74 Å². The molecule has 3 nitrogen and oxygen atoms in total. The monoisotopic (exact) mass is 254 g/mol. The van der Waals surface area contributed by atoms with Crippen molar-refractivity contribution >= 4 is 34.5 Å². The Hall–Kier alpha value is -0.130. The molecule has 0 aromatic heterocycles. The Bertz CT molecular complexity index is 150. The molecular formula is C6H7IO3. The summed E-state index contributed by atoms with van der Waals surface area (Å²) in [7, 11) is 0. The maximum atomic E-state index is 10.6. The third-order valence-corrected chi connectivity index (χ3v) is 2.60. The van der Waals surface area contributed by atoms with Gasteiger partial charge in [0.05, 0.1) is 12.8 Å². The zero-order chi connectivity index (χ0) is 7.56. The molecule has 0 atom stereocenters. The maximum Gasteiger partial charge on any atom is 0.313 e. The SMILES string of the molecule is O=C1CC(CI)CC(=O)O1. The molecule has 0 saturated carbocycles. The third kappa shape index (κ3) is 1.93. The van der Waals surface area contributed by atoms with Gasteiger partial charge in [0.2, 0.25) is 0 Å². The van der Waals surface area contributed by atoms with Crippen LogP contribution in [0.5, 0.6) is 0 Å². The minimum atomic E-state index is -0.377. The van der Waals surface area contributed by atoms with Gasteiger partial charge >= 0.3 is 11.9 Å². The van der Waals surface area contributed by atoms with Crippen LogP contribution in [0.25, 0.3) is 0 Å². The van der Waals surface area contributed by atoms with Crippen LogP contribution in [0.4, 0.5) is 0 Å². The highest BCUT2D eigenvalue weighted by molar-refractivity contribution is 14.1. The van der Waals surface area contributed by atoms with Crippen LogP contribution in [0.2, 0.25) is 0 Å². The number of rotatable bonds is 1. The summed E-state index contributed by atoms with van der Waals surface area (Å²) in [6.45, 7) is 0. The Balaban J connectivity index is 2.50. The van der Waals surface area contributed by atoms with Crippen molar-refractivity contribution < 1.29 is 14.3 Å². The summed E-state index contributed by atoms with van der Waals surface area (Å²) in [4.78, 5) is 21.2. The van der Waals surface area contributed by atoms with Crippen molar-refractivity contribution in [3.63, 3.8) is 0 Å². The van der Waals surface area contributed by atoms with E-state index < -0.39 is 0 Å². The van der Waals surface area contributed by atoms with E-state index in [1.165, 1.54) is 0 Å². The summed E-state index contributed by atoms with van der Waals surface area (Å²) in [6.07, 6.45) is 0.795. The Morgan fingerprint density at radius 3 is 2.30 bits per heavy atom. The van der Waals surface area contributed by atoms with Gasteiger partial charge in [0, 0.05) is 4.43 Å². The minimum Gasteiger partial charge on any atom is -0.393 e. The van der Waals surface area contributed by atoms with Gasteiger partial charge in [-0.05, 0) is 5.92 Å². The molecule has 0 aliphatic carbocycles. The van der Waals surface area contributed by atoms with Crippen molar-refractivity contribution in [2.45, 2.75) is 12.8 Å². The number of carbonyl (C=O) groups is 2. The van der Waals surface area contributed by atoms with Crippen LogP contribution < -0.4 is 0 Å². The number of hydrogen-bond donors (Lipinski definition) is 0. The van der Waals surface area contributed by atoms with Crippen LogP contribution in [0, 0.1) is 5.92 Å². The van der Waals surface area contributed by atoms with E-state index in [1.807, 2.05) is 0 Å². The van der Waals surface area contributed by atoms with E-state index in [2.05, 4.69) is 27.3 Å². The average molecular weight is 254 g/mol. The second-order valence-electron chi connectivity index (χ2n) is 2.27. The minimum absolute atomic E-state index is 0.203. The molecule has 1 aliphatic rings. The third-order valence-electron chi connectivity index (χ3n) is 1.36. The fraction of sp³-hybridized carbons (Fsp3) is 0.667. The molecule has 1 aliphatic heterocycles. The lowest BCUT2D eigenvalue weighted by molar-refractivity contribution is -0.164. The lowest BCUT2D eigenvalue weighted by Crippen LogP contribution is -2.26. The Morgan fingerprint density at radius 2 is 1.90 bits per heavy atom. The molecule has 56 valence electrons. The summed E-state index contributed by atoms with van der Waals surface area (Å²) in [6, 6.07) is 0. The largest absolute Gasteiger partial charge is 0.393 e. The summed E-state index contributed by atoms with van der Waals surface area (Å²) in [5.74, 6) is -0.551. The number of halogens is 1. The Kier molecular flexibility index (Phi) is 2.64. The number of hydrogen-bond acceptors (Lipinski definition) is 3. The molecular weight excluding hydrogens is 247 g/mol. The molecule has 0 N–H and O–H groups in total. The molecule has 4 heteroatoms. The number of cyclic esters (lactones) is 2. The molecule has 0 aromatic rings. The smallest absolute Gasteiger partial charge is 0.313 e. The molecule has 0 radical (unpaired) electrons. The molecule has 1 heterocycles. The highest BCUT2D eigenvalue weighted by Gasteiger charge is 2.25. The van der Waals surface area contributed by atoms with Crippen LogP contribution in [-0.4, -0.2) is 16.4 Å². The van der Waals surface area contributed by atoms with Crippen molar-refractivity contribution in [3.8, 4) is 0 Å². The molecule has 0 amide bonds. The quantitative estimate of drug-likeness (QED) is 0.302. The van der Waals surface area contributed by atoms with Crippen molar-refractivity contribution in [2.75, 3.05) is 4.43 Å². The summed E-state index contributed by atoms with van der Waals surface area (Å²) >= 11 is 2.17. The van der Waals surface area contributed by atoms with Crippen LogP contribution >= 0.6 is 22.6 Å². The average Bonchev–Trinajstić information content (AvgIpc) is 1.85. The Morgan fingerprint density at radius 1 is 1.40 bits per heavy atom. The molecule has 1 rings (SSSR count). The van der Waals surface area contributed by atoms with Gasteiger partial charge in [0.15, 0.2) is 0 Å². The van der Waals surface area contributed by atoms with Gasteiger partial charge in [0.25, 0.3) is 0 Å². The van der Waals surface area contributed by atoms with Crippen molar-refractivity contribution in [1.29, 1.82) is 0 Å². The zero-order valence-corrected chi connectivity index (χ0v) is 7.46. The molecule has 0 unspecified atom stereocenters. The first-order valence-corrected chi connectivity index (χ1v) is 4.54. The zero-order valence-electron chi connectivity index (χ0n) is 5.30. The van der Waals surface area contributed by atoms with E-state index in [1.54, 1.807) is 0 Å². The highest BCUT2D eigenvalue weighted by Crippen LogP contribution is 2.18. The summed E-state index contributed by atoms with van der Waals surface area (Å²) < 4.78 is 5.18. The van der Waals surface area contributed by atoms with Crippen molar-refractivity contribution in [1.82, 2.24) is 0 Å². The van der Waals surface area contributed by atoms with Crippen LogP contribution in [0.1, 0.15) is 12.8 Å². The fourth-order valence-electron chi connectivity index (χ4n) is 0.863. The van der Waals surface area contributed by atoms with Gasteiger partial charge in [0.1, 0.15) is 0 Å². The second-order valence-corrected chi connectivity index (χ2v) is 3.16. The van der Waals surface area contributed by atoms with E-state index in [4.69, 9.17) is 0 Å². The molecule has 0 bridgehead atoms. The van der Waals surface area contributed by atoms with Crippen LogP contribution in [0.15, 0.2) is 0 Å².